The molecule has 3 fully saturated rings. The molecule has 0 aromatic carbocycles. The predicted octanol–water partition coefficient (Wildman–Crippen LogP) is 1.03. The molecule has 1 unspecified atom stereocenters. The summed E-state index contributed by atoms with van der Waals surface area (Å²) in [6, 6.07) is 0. The summed E-state index contributed by atoms with van der Waals surface area (Å²) in [6.45, 7) is 5.65. The highest BCUT2D eigenvalue weighted by Gasteiger charge is 2.63. The summed E-state index contributed by atoms with van der Waals surface area (Å²) in [5, 5.41) is 0. The van der Waals surface area contributed by atoms with Gasteiger partial charge in [-0.15, -0.1) is 0 Å². The molecule has 19 heavy (non-hydrogen) atoms. The second kappa shape index (κ2) is 4.38. The second-order valence-electron chi connectivity index (χ2n) is 5.95. The van der Waals surface area contributed by atoms with Crippen LogP contribution in [-0.4, -0.2) is 56.5 Å². The summed E-state index contributed by atoms with van der Waals surface area (Å²) in [4.78, 5) is 0. The van der Waals surface area contributed by atoms with E-state index < -0.39 is 11.6 Å². The Morgan fingerprint density at radius 3 is 2.32 bits per heavy atom. The van der Waals surface area contributed by atoms with Crippen LogP contribution in [0.3, 0.4) is 0 Å². The van der Waals surface area contributed by atoms with E-state index in [0.29, 0.717) is 6.42 Å². The zero-order valence-electron chi connectivity index (χ0n) is 12.0. The molecule has 3 aliphatic heterocycles. The van der Waals surface area contributed by atoms with Crippen LogP contribution in [0.25, 0.3) is 0 Å². The Kier molecular flexibility index (Phi) is 3.16. The number of hydrogen-bond donors (Lipinski definition) is 0. The number of hydrogen-bond acceptors (Lipinski definition) is 6. The molecular weight excluding hydrogens is 252 g/mol. The van der Waals surface area contributed by atoms with Crippen LogP contribution in [0.15, 0.2) is 0 Å². The predicted molar refractivity (Wildman–Crippen MR) is 64.4 cm³/mol. The highest BCUT2D eigenvalue weighted by atomic mass is 16.9. The van der Waals surface area contributed by atoms with Gasteiger partial charge in [-0.3, -0.25) is 0 Å². The van der Waals surface area contributed by atoms with Crippen LogP contribution in [-0.2, 0) is 28.4 Å². The molecular formula is C13H22O6. The summed E-state index contributed by atoms with van der Waals surface area (Å²) in [5.41, 5.74) is 0. The molecule has 0 saturated carbocycles. The number of methoxy groups -OCH3 is 2. The van der Waals surface area contributed by atoms with Gasteiger partial charge in [0.1, 0.15) is 18.3 Å². The van der Waals surface area contributed by atoms with E-state index in [4.69, 9.17) is 28.4 Å². The van der Waals surface area contributed by atoms with Crippen LogP contribution in [0.1, 0.15) is 27.2 Å². The molecule has 110 valence electrons. The fourth-order valence-corrected chi connectivity index (χ4v) is 2.93. The Morgan fingerprint density at radius 1 is 1.00 bits per heavy atom. The summed E-state index contributed by atoms with van der Waals surface area (Å²) >= 11 is 0. The van der Waals surface area contributed by atoms with Gasteiger partial charge >= 0.3 is 0 Å². The molecule has 0 radical (unpaired) electrons. The smallest absolute Gasteiger partial charge is 0.190 e. The Bertz CT molecular complexity index is 353. The third-order valence-electron chi connectivity index (χ3n) is 4.16. The largest absolute Gasteiger partial charge is 0.366 e. The van der Waals surface area contributed by atoms with Crippen molar-refractivity contribution in [1.82, 2.24) is 0 Å². The molecule has 3 aliphatic rings. The number of ether oxygens (including phenoxy) is 6. The van der Waals surface area contributed by atoms with Crippen LogP contribution in [0.5, 0.6) is 0 Å². The summed E-state index contributed by atoms with van der Waals surface area (Å²) in [7, 11) is 3.25. The third-order valence-corrected chi connectivity index (χ3v) is 4.16. The van der Waals surface area contributed by atoms with Gasteiger partial charge < -0.3 is 28.4 Å². The highest BCUT2D eigenvalue weighted by Crippen LogP contribution is 2.46. The molecule has 5 atom stereocenters. The minimum absolute atomic E-state index is 0.00396. The maximum absolute atomic E-state index is 5.88. The Labute approximate surface area is 113 Å². The first-order chi connectivity index (χ1) is 8.87. The normalized spacial score (nSPS) is 43.7. The summed E-state index contributed by atoms with van der Waals surface area (Å²) < 4.78 is 34.0. The van der Waals surface area contributed by atoms with Crippen molar-refractivity contribution in [2.24, 2.45) is 0 Å². The quantitative estimate of drug-likeness (QED) is 0.714. The van der Waals surface area contributed by atoms with Crippen LogP contribution in [0, 0.1) is 0 Å². The maximum atomic E-state index is 5.88. The van der Waals surface area contributed by atoms with E-state index in [0.717, 1.165) is 0 Å². The van der Waals surface area contributed by atoms with Crippen molar-refractivity contribution in [1.29, 1.82) is 0 Å². The van der Waals surface area contributed by atoms with E-state index in [1.807, 2.05) is 20.8 Å². The number of rotatable bonds is 4. The first-order valence-corrected chi connectivity index (χ1v) is 6.64. The van der Waals surface area contributed by atoms with Crippen LogP contribution in [0.4, 0.5) is 0 Å². The van der Waals surface area contributed by atoms with Crippen molar-refractivity contribution in [2.45, 2.75) is 69.5 Å². The lowest BCUT2D eigenvalue weighted by molar-refractivity contribution is -0.302. The van der Waals surface area contributed by atoms with Gasteiger partial charge in [0.2, 0.25) is 0 Å². The lowest BCUT2D eigenvalue weighted by atomic mass is 9.93. The van der Waals surface area contributed by atoms with Crippen molar-refractivity contribution in [2.75, 3.05) is 14.2 Å². The number of fused-ring (bicyclic) bond motifs is 3. The molecule has 0 amide bonds. The van der Waals surface area contributed by atoms with Gasteiger partial charge in [-0.2, -0.15) is 0 Å². The van der Waals surface area contributed by atoms with Gasteiger partial charge in [-0.05, 0) is 20.8 Å². The molecule has 3 rings (SSSR count). The van der Waals surface area contributed by atoms with Crippen molar-refractivity contribution in [3.05, 3.63) is 0 Å². The van der Waals surface area contributed by atoms with Gasteiger partial charge in [0.25, 0.3) is 0 Å². The molecule has 0 aromatic rings. The molecule has 3 saturated heterocycles. The first-order valence-electron chi connectivity index (χ1n) is 6.64. The van der Waals surface area contributed by atoms with E-state index in [2.05, 4.69) is 0 Å². The van der Waals surface area contributed by atoms with Gasteiger partial charge in [0.05, 0.1) is 6.10 Å². The molecule has 0 aromatic heterocycles. The average molecular weight is 274 g/mol. The highest BCUT2D eigenvalue weighted by molar-refractivity contribution is 5.04. The van der Waals surface area contributed by atoms with Gasteiger partial charge in [0.15, 0.2) is 17.9 Å². The molecule has 0 N–H and O–H groups in total. The fourth-order valence-electron chi connectivity index (χ4n) is 2.93. The second-order valence-corrected chi connectivity index (χ2v) is 5.95. The standard InChI is InChI=1S/C13H22O6/c1-12(2)18-10-9-8(17-11(10)19-12)7(16-9)6-13(3,14-4)15-5/h7-11H,6H2,1-5H3/t7?,8-,9+,10-,11-/m1/s1. The third kappa shape index (κ3) is 2.20. The SMILES string of the molecule is COC(C)(CC1O[C@@H]2[C@H]3OC(C)(C)O[C@H]3O[C@H]12)OC. The molecule has 3 heterocycles. The minimum Gasteiger partial charge on any atom is -0.366 e. The maximum Gasteiger partial charge on any atom is 0.190 e. The molecule has 6 heteroatoms. The van der Waals surface area contributed by atoms with E-state index >= 15 is 0 Å². The Morgan fingerprint density at radius 2 is 1.68 bits per heavy atom. The van der Waals surface area contributed by atoms with E-state index in [1.54, 1.807) is 14.2 Å². The minimum atomic E-state index is -0.655. The van der Waals surface area contributed by atoms with Gasteiger partial charge in [-0.1, -0.05) is 0 Å². The molecule has 6 nitrogen and oxygen atoms in total. The molecule has 0 aliphatic carbocycles. The van der Waals surface area contributed by atoms with Crippen molar-refractivity contribution < 1.29 is 28.4 Å². The van der Waals surface area contributed by atoms with Crippen molar-refractivity contribution in [3.63, 3.8) is 0 Å². The van der Waals surface area contributed by atoms with Crippen molar-refractivity contribution in [3.8, 4) is 0 Å². The van der Waals surface area contributed by atoms with Crippen molar-refractivity contribution >= 4 is 0 Å². The lowest BCUT2D eigenvalue weighted by Gasteiger charge is -2.44. The molecule has 0 spiro atoms. The van der Waals surface area contributed by atoms with Crippen LogP contribution in [0.2, 0.25) is 0 Å². The zero-order valence-corrected chi connectivity index (χ0v) is 12.0. The van der Waals surface area contributed by atoms with E-state index in [9.17, 15) is 0 Å². The van der Waals surface area contributed by atoms with E-state index in [-0.39, 0.29) is 30.7 Å². The monoisotopic (exact) mass is 274 g/mol. The topological polar surface area (TPSA) is 55.4 Å². The first kappa shape index (κ1) is 13.7. The zero-order chi connectivity index (χ0) is 13.8. The Hall–Kier alpha value is -0.240. The van der Waals surface area contributed by atoms with E-state index in [1.165, 1.54) is 0 Å². The van der Waals surface area contributed by atoms with Crippen LogP contribution >= 0.6 is 0 Å². The lowest BCUT2D eigenvalue weighted by Crippen LogP contribution is -2.58. The van der Waals surface area contributed by atoms with Gasteiger partial charge in [-0.25, -0.2) is 0 Å². The summed E-state index contributed by atoms with van der Waals surface area (Å²) in [6.07, 6.45) is 0.0597. The van der Waals surface area contributed by atoms with Crippen LogP contribution < -0.4 is 0 Å². The summed E-state index contributed by atoms with van der Waals surface area (Å²) in [5.74, 6) is -1.25. The average Bonchev–Trinajstić information content (AvgIpc) is 2.77. The van der Waals surface area contributed by atoms with Gasteiger partial charge in [0, 0.05) is 20.6 Å². The fraction of sp³-hybridized carbons (Fsp3) is 1.00. The Balaban J connectivity index is 1.60. The molecule has 0 bridgehead atoms.